The molecule has 0 aromatic carbocycles. The molecule has 3 heterocycles. The lowest BCUT2D eigenvalue weighted by atomic mass is 9.78. The van der Waals surface area contributed by atoms with Crippen molar-refractivity contribution in [3.05, 3.63) is 11.5 Å². The molecule has 1 aromatic heterocycles. The van der Waals surface area contributed by atoms with E-state index < -0.39 is 21.8 Å². The zero-order valence-electron chi connectivity index (χ0n) is 14.9. The molecule has 8 nitrogen and oxygen atoms in total. The highest BCUT2D eigenvalue weighted by molar-refractivity contribution is 7.89. The Morgan fingerprint density at radius 3 is 2.40 bits per heavy atom. The fourth-order valence-corrected chi connectivity index (χ4v) is 5.99. The lowest BCUT2D eigenvalue weighted by Crippen LogP contribution is -2.38. The Morgan fingerprint density at radius 2 is 1.88 bits per heavy atom. The number of sulfonamides is 1. The van der Waals surface area contributed by atoms with E-state index in [4.69, 9.17) is 10.3 Å². The minimum Gasteiger partial charge on any atom is -0.369 e. The van der Waals surface area contributed by atoms with Crippen LogP contribution >= 0.6 is 0 Å². The summed E-state index contributed by atoms with van der Waals surface area (Å²) in [5.41, 5.74) is 5.95. The summed E-state index contributed by atoms with van der Waals surface area (Å²) >= 11 is 0. The van der Waals surface area contributed by atoms with Crippen molar-refractivity contribution >= 4 is 15.9 Å². The Labute approximate surface area is 148 Å². The Bertz CT molecular complexity index is 733. The summed E-state index contributed by atoms with van der Waals surface area (Å²) in [5.74, 6) is -0.292. The molecule has 0 radical (unpaired) electrons. The van der Waals surface area contributed by atoms with E-state index in [0.29, 0.717) is 18.2 Å². The summed E-state index contributed by atoms with van der Waals surface area (Å²) < 4.78 is 32.5. The van der Waals surface area contributed by atoms with Gasteiger partial charge in [0.25, 0.3) is 0 Å². The van der Waals surface area contributed by atoms with Crippen molar-refractivity contribution in [1.82, 2.24) is 14.4 Å². The molecule has 1 amide bonds. The maximum atomic E-state index is 13.1. The molecule has 3 rings (SSSR count). The number of primary amides is 1. The van der Waals surface area contributed by atoms with Crippen LogP contribution in [0.1, 0.15) is 24.3 Å². The molecule has 0 saturated carbocycles. The second-order valence-corrected chi connectivity index (χ2v) is 9.16. The number of amides is 1. The number of hydrogen-bond acceptors (Lipinski definition) is 6. The van der Waals surface area contributed by atoms with Crippen molar-refractivity contribution in [2.75, 3.05) is 33.2 Å². The zero-order chi connectivity index (χ0) is 18.4. The lowest BCUT2D eigenvalue weighted by Gasteiger charge is -2.34. The molecule has 9 heteroatoms. The van der Waals surface area contributed by atoms with E-state index in [1.165, 1.54) is 4.31 Å². The molecule has 0 aliphatic carbocycles. The molecule has 2 aliphatic rings. The predicted molar refractivity (Wildman–Crippen MR) is 91.1 cm³/mol. The quantitative estimate of drug-likeness (QED) is 0.819. The van der Waals surface area contributed by atoms with Gasteiger partial charge in [-0.05, 0) is 58.7 Å². The maximum absolute atomic E-state index is 13.1. The first-order valence-corrected chi connectivity index (χ1v) is 10.1. The SMILES string of the molecule is Cc1noc(C)c1S(=O)(=O)N1C[C@@H](C(N)=O)[C@H](C2CCN(C)CC2)C1. The van der Waals surface area contributed by atoms with Gasteiger partial charge in [0.05, 0.1) is 5.92 Å². The van der Waals surface area contributed by atoms with Crippen LogP contribution in [-0.2, 0) is 14.8 Å². The van der Waals surface area contributed by atoms with Gasteiger partial charge in [-0.25, -0.2) is 8.42 Å². The number of aromatic nitrogens is 1. The first-order chi connectivity index (χ1) is 11.7. The molecule has 140 valence electrons. The number of hydrogen-bond donors (Lipinski definition) is 1. The molecule has 2 atom stereocenters. The van der Waals surface area contributed by atoms with E-state index in [-0.39, 0.29) is 23.1 Å². The van der Waals surface area contributed by atoms with Crippen molar-refractivity contribution in [1.29, 1.82) is 0 Å². The Hall–Kier alpha value is -1.45. The average Bonchev–Trinajstić information content (AvgIpc) is 3.13. The zero-order valence-corrected chi connectivity index (χ0v) is 15.8. The highest BCUT2D eigenvalue weighted by Gasteiger charge is 2.46. The lowest BCUT2D eigenvalue weighted by molar-refractivity contribution is -0.123. The molecule has 1 aromatic rings. The van der Waals surface area contributed by atoms with Crippen molar-refractivity contribution in [2.45, 2.75) is 31.6 Å². The van der Waals surface area contributed by atoms with Gasteiger partial charge in [0.1, 0.15) is 10.6 Å². The van der Waals surface area contributed by atoms with Crippen molar-refractivity contribution in [3.63, 3.8) is 0 Å². The molecule has 25 heavy (non-hydrogen) atoms. The van der Waals surface area contributed by atoms with Gasteiger partial charge in [0, 0.05) is 13.1 Å². The van der Waals surface area contributed by atoms with Gasteiger partial charge in [-0.15, -0.1) is 0 Å². The molecule has 0 spiro atoms. The third kappa shape index (κ3) is 3.32. The molecular formula is C16H26N4O4S. The summed E-state index contributed by atoms with van der Waals surface area (Å²) in [4.78, 5) is 14.3. The number of nitrogens with zero attached hydrogens (tertiary/aromatic N) is 3. The van der Waals surface area contributed by atoms with Crippen LogP contribution in [0.3, 0.4) is 0 Å². The predicted octanol–water partition coefficient (Wildman–Crippen LogP) is 0.355. The van der Waals surface area contributed by atoms with Gasteiger partial charge in [-0.3, -0.25) is 4.79 Å². The fraction of sp³-hybridized carbons (Fsp3) is 0.750. The van der Waals surface area contributed by atoms with Crippen molar-refractivity contribution in [3.8, 4) is 0 Å². The van der Waals surface area contributed by atoms with Crippen LogP contribution in [0, 0.1) is 31.6 Å². The van der Waals surface area contributed by atoms with E-state index >= 15 is 0 Å². The Balaban J connectivity index is 1.86. The third-order valence-electron chi connectivity index (χ3n) is 5.63. The van der Waals surface area contributed by atoms with Crippen LogP contribution in [0.4, 0.5) is 0 Å². The van der Waals surface area contributed by atoms with Crippen LogP contribution in [0.5, 0.6) is 0 Å². The van der Waals surface area contributed by atoms with Crippen molar-refractivity contribution in [2.24, 2.45) is 23.5 Å². The van der Waals surface area contributed by atoms with Gasteiger partial charge in [-0.1, -0.05) is 5.16 Å². The van der Waals surface area contributed by atoms with Gasteiger partial charge < -0.3 is 15.2 Å². The number of carbonyl (C=O) groups is 1. The topological polar surface area (TPSA) is 110 Å². The standard InChI is InChI=1S/C16H26N4O4S/c1-10-15(11(2)24-18-10)25(22,23)20-8-13(14(9-20)16(17)21)12-4-6-19(3)7-5-12/h12-14H,4-9H2,1-3H3,(H2,17,21)/t13-,14+/m0/s1. The van der Waals surface area contributed by atoms with E-state index in [1.807, 2.05) is 0 Å². The molecule has 2 aliphatic heterocycles. The van der Waals surface area contributed by atoms with Crippen molar-refractivity contribution < 1.29 is 17.7 Å². The molecule has 0 bridgehead atoms. The first-order valence-electron chi connectivity index (χ1n) is 8.62. The Morgan fingerprint density at radius 1 is 1.24 bits per heavy atom. The number of aryl methyl sites for hydroxylation is 2. The molecule has 0 unspecified atom stereocenters. The minimum absolute atomic E-state index is 0.0264. The number of piperidine rings is 1. The van der Waals surface area contributed by atoms with Gasteiger partial charge >= 0.3 is 0 Å². The normalized spacial score (nSPS) is 27.0. The summed E-state index contributed by atoms with van der Waals surface area (Å²) in [6.45, 7) is 5.59. The monoisotopic (exact) mass is 370 g/mol. The van der Waals surface area contributed by atoms with Gasteiger partial charge in [-0.2, -0.15) is 4.31 Å². The van der Waals surface area contributed by atoms with E-state index in [1.54, 1.807) is 13.8 Å². The summed E-state index contributed by atoms with van der Waals surface area (Å²) in [6.07, 6.45) is 1.92. The van der Waals surface area contributed by atoms with Crippen LogP contribution in [0.2, 0.25) is 0 Å². The van der Waals surface area contributed by atoms with E-state index in [0.717, 1.165) is 25.9 Å². The number of nitrogens with two attached hydrogens (primary N) is 1. The number of rotatable bonds is 4. The van der Waals surface area contributed by atoms with Gasteiger partial charge in [0.15, 0.2) is 5.76 Å². The highest BCUT2D eigenvalue weighted by Crippen LogP contribution is 2.38. The molecule has 2 fully saturated rings. The minimum atomic E-state index is -3.75. The second kappa shape index (κ2) is 6.69. The highest BCUT2D eigenvalue weighted by atomic mass is 32.2. The fourth-order valence-electron chi connectivity index (χ4n) is 4.20. The largest absolute Gasteiger partial charge is 0.369 e. The smallest absolute Gasteiger partial charge is 0.248 e. The molecule has 2 N–H and O–H groups in total. The summed E-state index contributed by atoms with van der Waals surface area (Å²) in [7, 11) is -1.67. The molecule has 2 saturated heterocycles. The Kier molecular flexibility index (Phi) is 4.91. The summed E-state index contributed by atoms with van der Waals surface area (Å²) in [5, 5.41) is 3.75. The van der Waals surface area contributed by atoms with Crippen LogP contribution in [0.25, 0.3) is 0 Å². The van der Waals surface area contributed by atoms with Crippen LogP contribution in [-0.4, -0.2) is 61.9 Å². The van der Waals surface area contributed by atoms with Crippen LogP contribution < -0.4 is 5.73 Å². The number of carbonyl (C=O) groups excluding carboxylic acids is 1. The second-order valence-electron chi connectivity index (χ2n) is 7.29. The first kappa shape index (κ1) is 18.3. The van der Waals surface area contributed by atoms with Crippen LogP contribution in [0.15, 0.2) is 9.42 Å². The van der Waals surface area contributed by atoms with Gasteiger partial charge in [0.2, 0.25) is 15.9 Å². The third-order valence-corrected chi connectivity index (χ3v) is 7.71. The maximum Gasteiger partial charge on any atom is 0.248 e. The summed E-state index contributed by atoms with van der Waals surface area (Å²) in [6, 6.07) is 0. The van der Waals surface area contributed by atoms with E-state index in [9.17, 15) is 13.2 Å². The number of likely N-dealkylation sites (tertiary alicyclic amines) is 1. The average molecular weight is 370 g/mol. The molecular weight excluding hydrogens is 344 g/mol. The van der Waals surface area contributed by atoms with E-state index in [2.05, 4.69) is 17.1 Å².